The number of aliphatic hydroxyl groups is 1. The molecule has 0 aromatic heterocycles. The monoisotopic (exact) mass is 351 g/mol. The summed E-state index contributed by atoms with van der Waals surface area (Å²) in [4.78, 5) is 2.05. The van der Waals surface area contributed by atoms with Crippen LogP contribution < -0.4 is 4.90 Å². The second kappa shape index (κ2) is 8.77. The Morgan fingerprint density at radius 1 is 0.704 bits per heavy atom. The van der Waals surface area contributed by atoms with Crippen LogP contribution in [0.5, 0.6) is 0 Å². The van der Waals surface area contributed by atoms with Crippen LogP contribution in [0.15, 0.2) is 78.9 Å². The molecule has 132 valence electrons. The van der Waals surface area contributed by atoms with Crippen molar-refractivity contribution >= 4 is 5.69 Å². The Bertz CT molecular complexity index is 1010. The largest absolute Gasteiger partial charge is 0.378 e. The second-order valence-electron chi connectivity index (χ2n) is 6.32. The summed E-state index contributed by atoms with van der Waals surface area (Å²) in [7, 11) is 4.02. The van der Waals surface area contributed by atoms with Crippen molar-refractivity contribution in [1.29, 1.82) is 0 Å². The van der Waals surface area contributed by atoms with Crippen LogP contribution in [0, 0.1) is 23.7 Å². The van der Waals surface area contributed by atoms with Gasteiger partial charge in [-0.3, -0.25) is 0 Å². The van der Waals surface area contributed by atoms with Gasteiger partial charge in [-0.1, -0.05) is 60.1 Å². The van der Waals surface area contributed by atoms with E-state index in [1.165, 1.54) is 0 Å². The molecule has 0 spiro atoms. The third-order valence-corrected chi connectivity index (χ3v) is 4.11. The predicted molar refractivity (Wildman–Crippen MR) is 111 cm³/mol. The highest BCUT2D eigenvalue weighted by molar-refractivity contribution is 5.52. The molecule has 0 aliphatic rings. The summed E-state index contributed by atoms with van der Waals surface area (Å²) in [5, 5.41) is 10.5. The van der Waals surface area contributed by atoms with Gasteiger partial charge in [-0.05, 0) is 42.5 Å². The van der Waals surface area contributed by atoms with E-state index in [0.29, 0.717) is 0 Å². The van der Waals surface area contributed by atoms with E-state index in [0.717, 1.165) is 27.9 Å². The molecule has 0 aliphatic carbocycles. The molecule has 1 N–H and O–H groups in total. The second-order valence-corrected chi connectivity index (χ2v) is 6.32. The lowest BCUT2D eigenvalue weighted by Gasteiger charge is -2.11. The Morgan fingerprint density at radius 3 is 2.04 bits per heavy atom. The molecule has 3 aromatic carbocycles. The maximum Gasteiger partial charge on any atom is 0.141 e. The zero-order chi connectivity index (χ0) is 19.1. The van der Waals surface area contributed by atoms with Crippen molar-refractivity contribution in [3.05, 3.63) is 101 Å². The van der Waals surface area contributed by atoms with Gasteiger partial charge in [0.15, 0.2) is 0 Å². The molecule has 27 heavy (non-hydrogen) atoms. The van der Waals surface area contributed by atoms with E-state index < -0.39 is 6.10 Å². The SMILES string of the molecule is CN(C)c1ccc(C#Cc2ccccc2C(O)C#Cc2ccccc2)cc1. The molecular formula is C25H21NO. The third kappa shape index (κ3) is 5.02. The van der Waals surface area contributed by atoms with Gasteiger partial charge in [-0.2, -0.15) is 0 Å². The van der Waals surface area contributed by atoms with Crippen LogP contribution in [0.25, 0.3) is 0 Å². The van der Waals surface area contributed by atoms with Crippen molar-refractivity contribution < 1.29 is 5.11 Å². The van der Waals surface area contributed by atoms with Crippen LogP contribution in [-0.4, -0.2) is 19.2 Å². The minimum atomic E-state index is -0.883. The zero-order valence-electron chi connectivity index (χ0n) is 15.5. The summed E-state index contributed by atoms with van der Waals surface area (Å²) >= 11 is 0. The first-order valence-corrected chi connectivity index (χ1v) is 8.76. The standard InChI is InChI=1S/C25H21NO/c1-26(2)23-17-13-21(14-18-23)12-16-22-10-6-7-11-24(22)25(27)19-15-20-8-4-3-5-9-20/h3-11,13-14,17-18,25,27H,1-2H3. The average Bonchev–Trinajstić information content (AvgIpc) is 2.71. The highest BCUT2D eigenvalue weighted by Gasteiger charge is 2.07. The van der Waals surface area contributed by atoms with Crippen LogP contribution in [0.4, 0.5) is 5.69 Å². The fourth-order valence-corrected chi connectivity index (χ4v) is 2.58. The quantitative estimate of drug-likeness (QED) is 0.698. The highest BCUT2D eigenvalue weighted by atomic mass is 16.3. The predicted octanol–water partition coefficient (Wildman–Crippen LogP) is 4.24. The van der Waals surface area contributed by atoms with Crippen LogP contribution in [0.1, 0.15) is 28.4 Å². The molecule has 0 fully saturated rings. The fraction of sp³-hybridized carbons (Fsp3) is 0.120. The molecule has 2 heteroatoms. The molecule has 0 saturated carbocycles. The summed E-state index contributed by atoms with van der Waals surface area (Å²) in [6.45, 7) is 0. The van der Waals surface area contributed by atoms with Gasteiger partial charge in [0.05, 0.1) is 0 Å². The number of hydrogen-bond donors (Lipinski definition) is 1. The van der Waals surface area contributed by atoms with Crippen LogP contribution in [0.3, 0.4) is 0 Å². The number of nitrogens with zero attached hydrogens (tertiary/aromatic N) is 1. The maximum absolute atomic E-state index is 10.5. The number of aliphatic hydroxyl groups excluding tert-OH is 1. The van der Waals surface area contributed by atoms with Gasteiger partial charge < -0.3 is 10.0 Å². The maximum atomic E-state index is 10.5. The van der Waals surface area contributed by atoms with Gasteiger partial charge in [0.1, 0.15) is 6.10 Å². The molecule has 2 nitrogen and oxygen atoms in total. The van der Waals surface area contributed by atoms with Crippen molar-refractivity contribution in [1.82, 2.24) is 0 Å². The first kappa shape index (κ1) is 18.3. The van der Waals surface area contributed by atoms with Gasteiger partial charge in [-0.25, -0.2) is 0 Å². The molecule has 1 atom stereocenters. The lowest BCUT2D eigenvalue weighted by Crippen LogP contribution is -2.07. The van der Waals surface area contributed by atoms with Crippen molar-refractivity contribution in [2.24, 2.45) is 0 Å². The molecule has 0 bridgehead atoms. The van der Waals surface area contributed by atoms with E-state index in [-0.39, 0.29) is 0 Å². The van der Waals surface area contributed by atoms with E-state index in [9.17, 15) is 5.11 Å². The number of benzene rings is 3. The van der Waals surface area contributed by atoms with Gasteiger partial charge >= 0.3 is 0 Å². The summed E-state index contributed by atoms with van der Waals surface area (Å²) in [6.07, 6.45) is -0.883. The summed E-state index contributed by atoms with van der Waals surface area (Å²) < 4.78 is 0. The topological polar surface area (TPSA) is 23.5 Å². The van der Waals surface area contributed by atoms with Crippen molar-refractivity contribution in [2.45, 2.75) is 6.10 Å². The minimum absolute atomic E-state index is 0.721. The minimum Gasteiger partial charge on any atom is -0.378 e. The lowest BCUT2D eigenvalue weighted by atomic mass is 10.0. The highest BCUT2D eigenvalue weighted by Crippen LogP contribution is 2.17. The van der Waals surface area contributed by atoms with E-state index in [1.807, 2.05) is 97.9 Å². The smallest absolute Gasteiger partial charge is 0.141 e. The van der Waals surface area contributed by atoms with Gasteiger partial charge in [0.25, 0.3) is 0 Å². The normalized spacial score (nSPS) is 10.8. The van der Waals surface area contributed by atoms with E-state index in [2.05, 4.69) is 23.7 Å². The number of hydrogen-bond acceptors (Lipinski definition) is 2. The van der Waals surface area contributed by atoms with E-state index in [1.54, 1.807) is 0 Å². The summed E-state index contributed by atoms with van der Waals surface area (Å²) in [6, 6.07) is 25.3. The Labute approximate surface area is 161 Å². The molecule has 1 unspecified atom stereocenters. The van der Waals surface area contributed by atoms with E-state index in [4.69, 9.17) is 0 Å². The molecule has 3 rings (SSSR count). The Hall–Kier alpha value is -3.46. The Balaban J connectivity index is 1.83. The van der Waals surface area contributed by atoms with Crippen molar-refractivity contribution in [2.75, 3.05) is 19.0 Å². The van der Waals surface area contributed by atoms with Gasteiger partial charge in [0, 0.05) is 42.0 Å². The van der Waals surface area contributed by atoms with E-state index >= 15 is 0 Å². The fourth-order valence-electron chi connectivity index (χ4n) is 2.58. The van der Waals surface area contributed by atoms with Crippen LogP contribution in [0.2, 0.25) is 0 Å². The zero-order valence-corrected chi connectivity index (χ0v) is 15.5. The number of anilines is 1. The lowest BCUT2D eigenvalue weighted by molar-refractivity contribution is 0.238. The first-order valence-electron chi connectivity index (χ1n) is 8.76. The summed E-state index contributed by atoms with van der Waals surface area (Å²) in [5.41, 5.74) is 4.44. The molecule has 0 heterocycles. The third-order valence-electron chi connectivity index (χ3n) is 4.11. The van der Waals surface area contributed by atoms with Crippen molar-refractivity contribution in [3.63, 3.8) is 0 Å². The van der Waals surface area contributed by atoms with Gasteiger partial charge in [-0.15, -0.1) is 0 Å². The number of rotatable bonds is 2. The van der Waals surface area contributed by atoms with Gasteiger partial charge in [0.2, 0.25) is 0 Å². The molecule has 0 aliphatic heterocycles. The Kier molecular flexibility index (Phi) is 5.95. The molecule has 0 radical (unpaired) electrons. The average molecular weight is 351 g/mol. The molecule has 0 saturated heterocycles. The van der Waals surface area contributed by atoms with Crippen molar-refractivity contribution in [3.8, 4) is 23.7 Å². The molecular weight excluding hydrogens is 330 g/mol. The molecule has 3 aromatic rings. The Morgan fingerprint density at radius 2 is 1.33 bits per heavy atom. The summed E-state index contributed by atoms with van der Waals surface area (Å²) in [5.74, 6) is 12.2. The van der Waals surface area contributed by atoms with Crippen LogP contribution in [-0.2, 0) is 0 Å². The molecule has 0 amide bonds. The first-order chi connectivity index (χ1) is 13.1. The van der Waals surface area contributed by atoms with Crippen LogP contribution >= 0.6 is 0 Å².